The average molecular weight is 324 g/mol. The molecule has 3 unspecified atom stereocenters. The minimum Gasteiger partial charge on any atom is -0.373 e. The molecular formula is C20H24N2O2. The lowest BCUT2D eigenvalue weighted by Crippen LogP contribution is -2.33. The van der Waals surface area contributed by atoms with Gasteiger partial charge >= 0.3 is 0 Å². The van der Waals surface area contributed by atoms with Gasteiger partial charge in [-0.25, -0.2) is 0 Å². The van der Waals surface area contributed by atoms with Gasteiger partial charge in [-0.2, -0.15) is 0 Å². The van der Waals surface area contributed by atoms with Crippen molar-refractivity contribution in [3.63, 3.8) is 0 Å². The number of aliphatic hydroxyl groups excluding tert-OH is 1. The van der Waals surface area contributed by atoms with Gasteiger partial charge in [-0.05, 0) is 56.4 Å². The molecule has 0 saturated carbocycles. The van der Waals surface area contributed by atoms with E-state index in [1.54, 1.807) is 0 Å². The topological polar surface area (TPSA) is 45.5 Å². The Morgan fingerprint density at radius 2 is 2.08 bits per heavy atom. The van der Waals surface area contributed by atoms with Crippen molar-refractivity contribution in [2.24, 2.45) is 5.92 Å². The van der Waals surface area contributed by atoms with Crippen molar-refractivity contribution in [1.82, 2.24) is 9.47 Å². The van der Waals surface area contributed by atoms with Crippen LogP contribution in [-0.2, 0) is 11.2 Å². The first-order valence-corrected chi connectivity index (χ1v) is 8.77. The summed E-state index contributed by atoms with van der Waals surface area (Å²) in [5.74, 6) is 0.0968. The van der Waals surface area contributed by atoms with E-state index in [4.69, 9.17) is 0 Å². The van der Waals surface area contributed by atoms with Crippen molar-refractivity contribution in [2.45, 2.75) is 38.5 Å². The SMILES string of the molecule is C/C=C(\C=O)C1CC2c3c(c4ccccc4n3C(O)C1)CCN2C. The first kappa shape index (κ1) is 15.6. The van der Waals surface area contributed by atoms with E-state index in [1.165, 1.54) is 16.6 Å². The number of aromatic nitrogens is 1. The summed E-state index contributed by atoms with van der Waals surface area (Å²) in [6.45, 7) is 2.92. The lowest BCUT2D eigenvalue weighted by molar-refractivity contribution is -0.105. The van der Waals surface area contributed by atoms with Gasteiger partial charge in [-0.1, -0.05) is 24.3 Å². The van der Waals surface area contributed by atoms with Crippen molar-refractivity contribution < 1.29 is 9.90 Å². The fraction of sp³-hybridized carbons (Fsp3) is 0.450. The van der Waals surface area contributed by atoms with Gasteiger partial charge in [0.1, 0.15) is 12.5 Å². The number of fused-ring (bicyclic) bond motifs is 3. The Morgan fingerprint density at radius 3 is 2.83 bits per heavy atom. The van der Waals surface area contributed by atoms with Crippen molar-refractivity contribution >= 4 is 17.2 Å². The highest BCUT2D eigenvalue weighted by Gasteiger charge is 2.38. The molecule has 2 aliphatic heterocycles. The molecule has 3 heterocycles. The smallest absolute Gasteiger partial charge is 0.145 e. The van der Waals surface area contributed by atoms with Gasteiger partial charge in [0.2, 0.25) is 0 Å². The first-order chi connectivity index (χ1) is 11.7. The summed E-state index contributed by atoms with van der Waals surface area (Å²) >= 11 is 0. The number of rotatable bonds is 2. The molecule has 1 N–H and O–H groups in total. The molecule has 2 aliphatic rings. The summed E-state index contributed by atoms with van der Waals surface area (Å²) in [4.78, 5) is 13.8. The van der Waals surface area contributed by atoms with E-state index < -0.39 is 6.23 Å². The third-order valence-electron chi connectivity index (χ3n) is 5.86. The highest BCUT2D eigenvalue weighted by Crippen LogP contribution is 2.46. The van der Waals surface area contributed by atoms with Crippen LogP contribution in [0.1, 0.15) is 43.3 Å². The highest BCUT2D eigenvalue weighted by atomic mass is 16.3. The predicted octanol–water partition coefficient (Wildman–Crippen LogP) is 3.22. The van der Waals surface area contributed by atoms with Crippen molar-refractivity contribution in [3.05, 3.63) is 47.2 Å². The quantitative estimate of drug-likeness (QED) is 0.681. The van der Waals surface area contributed by atoms with Gasteiger partial charge in [0.05, 0.1) is 11.6 Å². The monoisotopic (exact) mass is 324 g/mol. The molecule has 1 aromatic heterocycles. The van der Waals surface area contributed by atoms with E-state index in [-0.39, 0.29) is 12.0 Å². The third-order valence-corrected chi connectivity index (χ3v) is 5.86. The maximum absolute atomic E-state index is 11.5. The van der Waals surface area contributed by atoms with Gasteiger partial charge < -0.3 is 9.67 Å². The molecule has 0 bridgehead atoms. The molecular weight excluding hydrogens is 300 g/mol. The number of likely N-dealkylation sites (N-methyl/N-ethyl adjacent to an activating group) is 1. The van der Waals surface area contributed by atoms with E-state index in [0.717, 1.165) is 36.8 Å². The number of nitrogens with zero attached hydrogens (tertiary/aromatic N) is 2. The zero-order valence-electron chi connectivity index (χ0n) is 14.3. The maximum atomic E-state index is 11.5. The van der Waals surface area contributed by atoms with E-state index in [2.05, 4.69) is 34.7 Å². The fourth-order valence-electron chi connectivity index (χ4n) is 4.64. The molecule has 0 spiro atoms. The number of benzene rings is 1. The van der Waals surface area contributed by atoms with Crippen LogP contribution >= 0.6 is 0 Å². The summed E-state index contributed by atoms with van der Waals surface area (Å²) in [5, 5.41) is 12.3. The minimum absolute atomic E-state index is 0.0968. The summed E-state index contributed by atoms with van der Waals surface area (Å²) in [5.41, 5.74) is 4.55. The van der Waals surface area contributed by atoms with E-state index in [0.29, 0.717) is 6.42 Å². The molecule has 2 aromatic rings. The van der Waals surface area contributed by atoms with E-state index in [1.807, 2.05) is 19.1 Å². The molecule has 3 atom stereocenters. The van der Waals surface area contributed by atoms with Crippen LogP contribution in [0.4, 0.5) is 0 Å². The number of hydrogen-bond acceptors (Lipinski definition) is 3. The molecule has 0 fully saturated rings. The molecule has 1 aromatic carbocycles. The summed E-state index contributed by atoms with van der Waals surface area (Å²) in [6.07, 6.45) is 4.75. The number of para-hydroxylation sites is 1. The number of aliphatic hydroxyl groups is 1. The zero-order valence-corrected chi connectivity index (χ0v) is 14.3. The lowest BCUT2D eigenvalue weighted by Gasteiger charge is -2.34. The number of carbonyl (C=O) groups excluding carboxylic acids is 1. The average Bonchev–Trinajstić information content (AvgIpc) is 2.84. The molecule has 0 amide bonds. The van der Waals surface area contributed by atoms with E-state index in [9.17, 15) is 9.90 Å². The molecule has 0 radical (unpaired) electrons. The van der Waals surface area contributed by atoms with Crippen LogP contribution in [0.2, 0.25) is 0 Å². The Kier molecular flexibility index (Phi) is 3.82. The summed E-state index contributed by atoms with van der Waals surface area (Å²) < 4.78 is 2.13. The molecule has 4 heteroatoms. The Morgan fingerprint density at radius 1 is 1.29 bits per heavy atom. The third kappa shape index (κ3) is 2.17. The second-order valence-corrected chi connectivity index (χ2v) is 7.05. The number of carbonyl (C=O) groups is 1. The van der Waals surface area contributed by atoms with Crippen LogP contribution in [0.15, 0.2) is 35.9 Å². The summed E-state index contributed by atoms with van der Waals surface area (Å²) in [7, 11) is 2.15. The van der Waals surface area contributed by atoms with Gasteiger partial charge in [-0.3, -0.25) is 9.69 Å². The Labute approximate surface area is 142 Å². The van der Waals surface area contributed by atoms with Gasteiger partial charge in [0, 0.05) is 17.6 Å². The Hall–Kier alpha value is -1.91. The molecule has 4 rings (SSSR count). The maximum Gasteiger partial charge on any atom is 0.145 e. The van der Waals surface area contributed by atoms with Gasteiger partial charge in [0.15, 0.2) is 0 Å². The van der Waals surface area contributed by atoms with Crippen LogP contribution in [0, 0.1) is 5.92 Å². The zero-order chi connectivity index (χ0) is 16.8. The Bertz CT molecular complexity index is 820. The van der Waals surface area contributed by atoms with Crippen LogP contribution < -0.4 is 0 Å². The summed E-state index contributed by atoms with van der Waals surface area (Å²) in [6, 6.07) is 8.63. The van der Waals surface area contributed by atoms with Crippen LogP contribution in [0.25, 0.3) is 10.9 Å². The molecule has 126 valence electrons. The van der Waals surface area contributed by atoms with Crippen LogP contribution in [0.5, 0.6) is 0 Å². The van der Waals surface area contributed by atoms with Crippen molar-refractivity contribution in [3.8, 4) is 0 Å². The molecule has 24 heavy (non-hydrogen) atoms. The number of hydrogen-bond donors (Lipinski definition) is 1. The lowest BCUT2D eigenvalue weighted by atomic mass is 9.86. The predicted molar refractivity (Wildman–Crippen MR) is 94.8 cm³/mol. The number of allylic oxidation sites excluding steroid dienone is 2. The molecule has 0 saturated heterocycles. The van der Waals surface area contributed by atoms with Crippen molar-refractivity contribution in [2.75, 3.05) is 13.6 Å². The second-order valence-electron chi connectivity index (χ2n) is 7.05. The molecule has 0 aliphatic carbocycles. The van der Waals surface area contributed by atoms with Gasteiger partial charge in [-0.15, -0.1) is 0 Å². The minimum atomic E-state index is -0.588. The van der Waals surface area contributed by atoms with E-state index >= 15 is 0 Å². The second kappa shape index (κ2) is 5.87. The standard InChI is InChI=1S/C20H24N2O2/c1-3-13(12-23)14-10-18-20-16(8-9-21(18)2)15-6-4-5-7-17(15)22(20)19(24)11-14/h3-7,12,14,18-19,24H,8-11H2,1-2H3/b13-3+. The first-order valence-electron chi connectivity index (χ1n) is 8.77. The molecule has 4 nitrogen and oxygen atoms in total. The van der Waals surface area contributed by atoms with Gasteiger partial charge in [0.25, 0.3) is 0 Å². The van der Waals surface area contributed by atoms with Crippen LogP contribution in [0.3, 0.4) is 0 Å². The highest BCUT2D eigenvalue weighted by molar-refractivity contribution is 5.86. The largest absolute Gasteiger partial charge is 0.373 e. The fourth-order valence-corrected chi connectivity index (χ4v) is 4.64. The van der Waals surface area contributed by atoms with Crippen LogP contribution in [-0.4, -0.2) is 34.5 Å². The number of aldehydes is 1. The normalized spacial score (nSPS) is 27.8. The van der Waals surface area contributed by atoms with Crippen molar-refractivity contribution in [1.29, 1.82) is 0 Å². The Balaban J connectivity index is 1.93.